The summed E-state index contributed by atoms with van der Waals surface area (Å²) >= 11 is 0. The van der Waals surface area contributed by atoms with Crippen molar-refractivity contribution >= 4 is 29.3 Å². The van der Waals surface area contributed by atoms with Crippen LogP contribution < -0.4 is 21.1 Å². The van der Waals surface area contributed by atoms with E-state index in [1.807, 2.05) is 17.5 Å². The molecule has 2 aliphatic carbocycles. The molecule has 13 heteroatoms. The number of anilines is 1. The van der Waals surface area contributed by atoms with E-state index in [9.17, 15) is 37.6 Å². The number of alkyl halides is 3. The minimum atomic E-state index is -5.26. The third-order valence-corrected chi connectivity index (χ3v) is 9.12. The third-order valence-electron chi connectivity index (χ3n) is 9.12. The Balaban J connectivity index is 1.57. The highest BCUT2D eigenvalue weighted by Crippen LogP contribution is 2.60. The summed E-state index contributed by atoms with van der Waals surface area (Å²) in [5.41, 5.74) is 3.34. The monoisotopic (exact) mass is 587 g/mol. The Bertz CT molecular complexity index is 1400. The van der Waals surface area contributed by atoms with Gasteiger partial charge in [-0.25, -0.2) is 0 Å². The van der Waals surface area contributed by atoms with Gasteiger partial charge in [0.2, 0.25) is 11.8 Å². The van der Waals surface area contributed by atoms with E-state index in [1.54, 1.807) is 24.3 Å². The van der Waals surface area contributed by atoms with Crippen molar-refractivity contribution in [1.29, 1.82) is 5.26 Å². The van der Waals surface area contributed by atoms with Crippen LogP contribution in [0, 0.1) is 46.3 Å². The molecule has 5 rings (SSSR count). The quantitative estimate of drug-likeness (QED) is 0.435. The SMILES string of the molecule is CC(C)(C)[C@H](NC(=O)C(F)(F)F)C(=O)N1CC2C3C=CC(C3)C2C1(C(N)=O)[C@@H](C#N)C[C@@H]1Oc2ccccc2NC1=O. The Morgan fingerprint density at radius 3 is 2.50 bits per heavy atom. The number of nitrogens with two attached hydrogens (primary N) is 1. The summed E-state index contributed by atoms with van der Waals surface area (Å²) < 4.78 is 45.8. The van der Waals surface area contributed by atoms with Crippen LogP contribution in [0.25, 0.3) is 0 Å². The molecule has 8 atom stereocenters. The number of halogens is 3. The zero-order valence-electron chi connectivity index (χ0n) is 23.3. The molecule has 1 aromatic carbocycles. The van der Waals surface area contributed by atoms with Crippen molar-refractivity contribution in [2.75, 3.05) is 11.9 Å². The van der Waals surface area contributed by atoms with Crippen LogP contribution in [-0.4, -0.2) is 58.9 Å². The van der Waals surface area contributed by atoms with Crippen LogP contribution in [0.2, 0.25) is 0 Å². The summed E-state index contributed by atoms with van der Waals surface area (Å²) in [7, 11) is 0. The van der Waals surface area contributed by atoms with Crippen LogP contribution in [0.15, 0.2) is 36.4 Å². The maximum Gasteiger partial charge on any atom is 0.471 e. The third kappa shape index (κ3) is 4.57. The molecule has 4 N–H and O–H groups in total. The molecule has 1 saturated heterocycles. The van der Waals surface area contributed by atoms with Gasteiger partial charge in [0.25, 0.3) is 5.91 Å². The van der Waals surface area contributed by atoms with E-state index in [4.69, 9.17) is 10.5 Å². The van der Waals surface area contributed by atoms with Gasteiger partial charge in [-0.2, -0.15) is 18.4 Å². The Hall–Kier alpha value is -4.08. The molecule has 2 fully saturated rings. The number of carbonyl (C=O) groups is 4. The second-order valence-electron chi connectivity index (χ2n) is 12.6. The van der Waals surface area contributed by atoms with Crippen molar-refractivity contribution in [2.45, 2.75) is 57.5 Å². The Kier molecular flexibility index (Phi) is 7.02. The van der Waals surface area contributed by atoms with E-state index < -0.39 is 64.7 Å². The molecule has 224 valence electrons. The van der Waals surface area contributed by atoms with E-state index in [0.717, 1.165) is 4.90 Å². The van der Waals surface area contributed by atoms with Crippen LogP contribution in [0.5, 0.6) is 5.75 Å². The number of benzene rings is 1. The lowest BCUT2D eigenvalue weighted by Crippen LogP contribution is -2.68. The normalized spacial score (nSPS) is 30.8. The van der Waals surface area contributed by atoms with E-state index in [1.165, 1.54) is 20.8 Å². The number of amides is 4. The predicted molar refractivity (Wildman–Crippen MR) is 142 cm³/mol. The number of primary amides is 1. The molecule has 1 aromatic rings. The minimum Gasteiger partial charge on any atom is -0.478 e. The van der Waals surface area contributed by atoms with Gasteiger partial charge in [-0.15, -0.1) is 0 Å². The zero-order chi connectivity index (χ0) is 30.8. The number of allylic oxidation sites excluding steroid dienone is 2. The molecular weight excluding hydrogens is 555 g/mol. The maximum absolute atomic E-state index is 14.3. The Labute approximate surface area is 240 Å². The molecule has 1 saturated carbocycles. The van der Waals surface area contributed by atoms with Gasteiger partial charge in [-0.3, -0.25) is 19.2 Å². The number of fused-ring (bicyclic) bond motifs is 6. The first-order chi connectivity index (χ1) is 19.6. The molecule has 42 heavy (non-hydrogen) atoms. The lowest BCUT2D eigenvalue weighted by atomic mass is 9.65. The summed E-state index contributed by atoms with van der Waals surface area (Å²) in [6, 6.07) is 7.09. The first-order valence-corrected chi connectivity index (χ1v) is 13.7. The fourth-order valence-electron chi connectivity index (χ4n) is 7.34. The first-order valence-electron chi connectivity index (χ1n) is 13.7. The number of nitrogens with one attached hydrogen (secondary N) is 2. The Morgan fingerprint density at radius 2 is 1.88 bits per heavy atom. The summed E-state index contributed by atoms with van der Waals surface area (Å²) in [6.45, 7) is 4.41. The van der Waals surface area contributed by atoms with E-state index >= 15 is 0 Å². The zero-order valence-corrected chi connectivity index (χ0v) is 23.3. The van der Waals surface area contributed by atoms with Crippen molar-refractivity contribution in [3.05, 3.63) is 36.4 Å². The number of nitrogens with zero attached hydrogens (tertiary/aromatic N) is 2. The number of likely N-dealkylation sites (tertiary alicyclic amines) is 1. The fourth-order valence-corrected chi connectivity index (χ4v) is 7.34. The van der Waals surface area contributed by atoms with Crippen molar-refractivity contribution in [3.63, 3.8) is 0 Å². The van der Waals surface area contributed by atoms with Crippen LogP contribution in [0.1, 0.15) is 33.6 Å². The second-order valence-corrected chi connectivity index (χ2v) is 12.6. The average Bonchev–Trinajstić information content (AvgIpc) is 3.61. The summed E-state index contributed by atoms with van der Waals surface area (Å²) in [5, 5.41) is 15.1. The van der Waals surface area contributed by atoms with Crippen LogP contribution >= 0.6 is 0 Å². The molecular formula is C29H32F3N5O5. The van der Waals surface area contributed by atoms with E-state index in [2.05, 4.69) is 11.4 Å². The molecule has 5 unspecified atom stereocenters. The number of rotatable bonds is 6. The van der Waals surface area contributed by atoms with Crippen LogP contribution in [-0.2, 0) is 19.2 Å². The lowest BCUT2D eigenvalue weighted by Gasteiger charge is -2.46. The lowest BCUT2D eigenvalue weighted by molar-refractivity contribution is -0.176. The number of carbonyl (C=O) groups excluding carboxylic acids is 4. The Morgan fingerprint density at radius 1 is 1.21 bits per heavy atom. The van der Waals surface area contributed by atoms with Gasteiger partial charge in [0.15, 0.2) is 6.10 Å². The highest BCUT2D eigenvalue weighted by atomic mass is 19.4. The highest BCUT2D eigenvalue weighted by Gasteiger charge is 2.70. The van der Waals surface area contributed by atoms with Gasteiger partial charge in [0.05, 0.1) is 17.7 Å². The van der Waals surface area contributed by atoms with Gasteiger partial charge >= 0.3 is 12.1 Å². The number of hydrogen-bond donors (Lipinski definition) is 3. The van der Waals surface area contributed by atoms with Gasteiger partial charge < -0.3 is 26.0 Å². The minimum absolute atomic E-state index is 0.0326. The molecule has 2 aliphatic heterocycles. The largest absolute Gasteiger partial charge is 0.478 e. The summed E-state index contributed by atoms with van der Waals surface area (Å²) in [5.74, 6) is -6.98. The average molecular weight is 588 g/mol. The second kappa shape index (κ2) is 10.0. The fraction of sp³-hybridized carbons (Fsp3) is 0.552. The molecule has 10 nitrogen and oxygen atoms in total. The maximum atomic E-state index is 14.3. The predicted octanol–water partition coefficient (Wildman–Crippen LogP) is 2.51. The highest BCUT2D eigenvalue weighted by molar-refractivity contribution is 5.99. The van der Waals surface area contributed by atoms with Crippen molar-refractivity contribution in [1.82, 2.24) is 10.2 Å². The topological polar surface area (TPSA) is 155 Å². The standard InChI is InChI=1S/C29H32F3N5O5/c1-27(2,3)22(36-26(41)29(30,31)32)24(39)37-13-17-14-8-9-15(10-14)21(17)28(37,25(34)40)16(12-33)11-20-23(38)35-18-6-4-5-7-19(18)42-20/h4-9,14-17,20-22H,10-11,13H2,1-3H3,(H2,34,40)(H,35,38)(H,36,41)/t14?,15?,16-,17?,20+,21?,22-,28?/m1/s1. The molecule has 0 radical (unpaired) electrons. The summed E-state index contributed by atoms with van der Waals surface area (Å²) in [6.07, 6.45) is -2.22. The van der Waals surface area contributed by atoms with E-state index in [-0.39, 0.29) is 30.7 Å². The molecule has 0 spiro atoms. The van der Waals surface area contributed by atoms with Crippen LogP contribution in [0.4, 0.5) is 18.9 Å². The number of para-hydroxylation sites is 2. The van der Waals surface area contributed by atoms with Crippen molar-refractivity contribution < 1.29 is 37.1 Å². The van der Waals surface area contributed by atoms with Gasteiger partial charge in [-0.05, 0) is 41.7 Å². The van der Waals surface area contributed by atoms with Crippen LogP contribution in [0.3, 0.4) is 0 Å². The molecule has 4 amide bonds. The van der Waals surface area contributed by atoms with Crippen molar-refractivity contribution in [3.8, 4) is 11.8 Å². The molecule has 0 aromatic heterocycles. The van der Waals surface area contributed by atoms with Gasteiger partial charge in [0.1, 0.15) is 17.3 Å². The van der Waals surface area contributed by atoms with Crippen molar-refractivity contribution in [2.24, 2.45) is 40.7 Å². The first kappa shape index (κ1) is 29.4. The van der Waals surface area contributed by atoms with Gasteiger partial charge in [0, 0.05) is 18.9 Å². The number of hydrogen-bond acceptors (Lipinski definition) is 6. The van der Waals surface area contributed by atoms with Gasteiger partial charge in [-0.1, -0.05) is 45.1 Å². The molecule has 2 bridgehead atoms. The molecule has 2 heterocycles. The smallest absolute Gasteiger partial charge is 0.471 e. The number of ether oxygens (including phenoxy) is 1. The number of nitriles is 1. The summed E-state index contributed by atoms with van der Waals surface area (Å²) in [4.78, 5) is 54.1. The molecule has 4 aliphatic rings. The van der Waals surface area contributed by atoms with E-state index in [0.29, 0.717) is 17.9 Å².